The molecule has 0 amide bonds. The number of hydrogen-bond donors (Lipinski definition) is 2. The molecule has 0 radical (unpaired) electrons. The Morgan fingerprint density at radius 1 is 0.920 bits per heavy atom. The molecule has 2 rings (SSSR count). The lowest BCUT2D eigenvalue weighted by Crippen LogP contribution is -2.33. The summed E-state index contributed by atoms with van der Waals surface area (Å²) < 4.78 is 0. The Balaban J connectivity index is 1.78. The fourth-order valence-electron chi connectivity index (χ4n) is 4.29. The highest BCUT2D eigenvalue weighted by Gasteiger charge is 2.38. The molecular weight excluding hydrogens is 308 g/mol. The SMILES string of the molecule is CCCCCCCCc1ccc(C2CCC(C(C)(CO)CO)C2)cc1. The van der Waals surface area contributed by atoms with E-state index >= 15 is 0 Å². The van der Waals surface area contributed by atoms with Crippen LogP contribution in [0.3, 0.4) is 0 Å². The van der Waals surface area contributed by atoms with Crippen molar-refractivity contribution in [2.75, 3.05) is 13.2 Å². The molecule has 1 saturated carbocycles. The molecule has 2 unspecified atom stereocenters. The van der Waals surface area contributed by atoms with Crippen LogP contribution in [0.25, 0.3) is 0 Å². The minimum atomic E-state index is -0.327. The molecule has 0 spiro atoms. The Morgan fingerprint density at radius 2 is 1.56 bits per heavy atom. The van der Waals surface area contributed by atoms with Crippen LogP contribution in [0.15, 0.2) is 24.3 Å². The van der Waals surface area contributed by atoms with Crippen LogP contribution in [0.5, 0.6) is 0 Å². The third-order valence-electron chi connectivity index (χ3n) is 6.41. The predicted octanol–water partition coefficient (Wildman–Crippen LogP) is 5.46. The molecule has 2 nitrogen and oxygen atoms in total. The summed E-state index contributed by atoms with van der Waals surface area (Å²) in [6.07, 6.45) is 12.7. The van der Waals surface area contributed by atoms with Crippen molar-refractivity contribution in [3.05, 3.63) is 35.4 Å². The maximum Gasteiger partial charge on any atom is 0.0509 e. The van der Waals surface area contributed by atoms with E-state index in [4.69, 9.17) is 0 Å². The van der Waals surface area contributed by atoms with Gasteiger partial charge in [0.25, 0.3) is 0 Å². The second-order valence-corrected chi connectivity index (χ2v) is 8.44. The summed E-state index contributed by atoms with van der Waals surface area (Å²) in [6, 6.07) is 9.25. The van der Waals surface area contributed by atoms with Crippen LogP contribution in [0.4, 0.5) is 0 Å². The molecule has 0 aromatic heterocycles. The Labute approximate surface area is 154 Å². The lowest BCUT2D eigenvalue weighted by Gasteiger charge is -2.32. The smallest absolute Gasteiger partial charge is 0.0509 e. The van der Waals surface area contributed by atoms with Gasteiger partial charge in [0, 0.05) is 5.41 Å². The molecule has 2 N–H and O–H groups in total. The summed E-state index contributed by atoms with van der Waals surface area (Å²) >= 11 is 0. The van der Waals surface area contributed by atoms with Crippen molar-refractivity contribution >= 4 is 0 Å². The van der Waals surface area contributed by atoms with E-state index in [1.807, 2.05) is 6.92 Å². The highest BCUT2D eigenvalue weighted by molar-refractivity contribution is 5.26. The van der Waals surface area contributed by atoms with Gasteiger partial charge in [0.05, 0.1) is 13.2 Å². The van der Waals surface area contributed by atoms with E-state index in [2.05, 4.69) is 31.2 Å². The van der Waals surface area contributed by atoms with E-state index in [1.54, 1.807) is 0 Å². The lowest BCUT2D eigenvalue weighted by molar-refractivity contribution is 0.0208. The van der Waals surface area contributed by atoms with E-state index < -0.39 is 0 Å². The van der Waals surface area contributed by atoms with Gasteiger partial charge < -0.3 is 10.2 Å². The first-order valence-corrected chi connectivity index (χ1v) is 10.4. The zero-order valence-corrected chi connectivity index (χ0v) is 16.3. The van der Waals surface area contributed by atoms with Gasteiger partial charge in [-0.05, 0) is 55.1 Å². The van der Waals surface area contributed by atoms with Gasteiger partial charge in [0.15, 0.2) is 0 Å². The maximum absolute atomic E-state index is 9.63. The quantitative estimate of drug-likeness (QED) is 0.522. The van der Waals surface area contributed by atoms with Crippen molar-refractivity contribution in [3.63, 3.8) is 0 Å². The normalized spacial score (nSPS) is 21.0. The Kier molecular flexibility index (Phi) is 8.45. The van der Waals surface area contributed by atoms with Crippen molar-refractivity contribution in [2.45, 2.75) is 84.0 Å². The van der Waals surface area contributed by atoms with Crippen LogP contribution < -0.4 is 0 Å². The van der Waals surface area contributed by atoms with Gasteiger partial charge in [0.2, 0.25) is 0 Å². The van der Waals surface area contributed by atoms with Crippen molar-refractivity contribution in [3.8, 4) is 0 Å². The fraction of sp³-hybridized carbons (Fsp3) is 0.739. The average molecular weight is 347 g/mol. The first-order chi connectivity index (χ1) is 12.1. The summed E-state index contributed by atoms with van der Waals surface area (Å²) in [5.74, 6) is 1.01. The Bertz CT molecular complexity index is 475. The summed E-state index contributed by atoms with van der Waals surface area (Å²) in [5.41, 5.74) is 2.57. The van der Waals surface area contributed by atoms with Gasteiger partial charge >= 0.3 is 0 Å². The van der Waals surface area contributed by atoms with Gasteiger partial charge in [-0.3, -0.25) is 0 Å². The average Bonchev–Trinajstić information content (AvgIpc) is 3.15. The monoisotopic (exact) mass is 346 g/mol. The molecule has 25 heavy (non-hydrogen) atoms. The van der Waals surface area contributed by atoms with Gasteiger partial charge in [-0.25, -0.2) is 0 Å². The van der Waals surface area contributed by atoms with Crippen LogP contribution >= 0.6 is 0 Å². The number of aryl methyl sites for hydroxylation is 1. The number of aliphatic hydroxyl groups is 2. The standard InChI is InChI=1S/C23H38O2/c1-3-4-5-6-7-8-9-19-10-12-20(13-11-19)21-14-15-22(16-21)23(2,17-24)18-25/h10-13,21-22,24-25H,3-9,14-18H2,1-2H3. The number of benzene rings is 1. The van der Waals surface area contributed by atoms with E-state index in [0.29, 0.717) is 11.8 Å². The second-order valence-electron chi connectivity index (χ2n) is 8.44. The van der Waals surface area contributed by atoms with Gasteiger partial charge in [0.1, 0.15) is 0 Å². The van der Waals surface area contributed by atoms with E-state index in [-0.39, 0.29) is 18.6 Å². The molecule has 0 aliphatic heterocycles. The molecule has 1 aromatic rings. The molecule has 1 aliphatic rings. The van der Waals surface area contributed by atoms with E-state index in [1.165, 1.54) is 62.5 Å². The zero-order valence-electron chi connectivity index (χ0n) is 16.3. The molecule has 1 aliphatic carbocycles. The number of rotatable bonds is 11. The molecule has 142 valence electrons. The highest BCUT2D eigenvalue weighted by Crippen LogP contribution is 2.46. The Hall–Kier alpha value is -0.860. The van der Waals surface area contributed by atoms with Crippen LogP contribution in [0.2, 0.25) is 0 Å². The van der Waals surface area contributed by atoms with Gasteiger partial charge in [-0.1, -0.05) is 70.2 Å². The molecule has 0 saturated heterocycles. The first-order valence-electron chi connectivity index (χ1n) is 10.4. The number of unbranched alkanes of at least 4 members (excludes halogenated alkanes) is 5. The van der Waals surface area contributed by atoms with E-state index in [0.717, 1.165) is 12.8 Å². The third-order valence-corrected chi connectivity index (χ3v) is 6.41. The minimum absolute atomic E-state index is 0.0814. The van der Waals surface area contributed by atoms with Crippen molar-refractivity contribution in [1.82, 2.24) is 0 Å². The topological polar surface area (TPSA) is 40.5 Å². The number of aliphatic hydroxyl groups excluding tert-OH is 2. The van der Waals surface area contributed by atoms with Gasteiger partial charge in [-0.2, -0.15) is 0 Å². The molecular formula is C23H38O2. The van der Waals surface area contributed by atoms with Crippen LogP contribution in [0.1, 0.15) is 88.7 Å². The van der Waals surface area contributed by atoms with Crippen molar-refractivity contribution in [2.24, 2.45) is 11.3 Å². The van der Waals surface area contributed by atoms with Crippen molar-refractivity contribution in [1.29, 1.82) is 0 Å². The molecule has 0 heterocycles. The zero-order chi connectivity index (χ0) is 18.1. The van der Waals surface area contributed by atoms with Crippen LogP contribution in [-0.2, 0) is 6.42 Å². The molecule has 0 bridgehead atoms. The largest absolute Gasteiger partial charge is 0.396 e. The minimum Gasteiger partial charge on any atom is -0.396 e. The predicted molar refractivity (Wildman–Crippen MR) is 106 cm³/mol. The van der Waals surface area contributed by atoms with Crippen molar-refractivity contribution < 1.29 is 10.2 Å². The fourth-order valence-corrected chi connectivity index (χ4v) is 4.29. The molecule has 2 atom stereocenters. The van der Waals surface area contributed by atoms with Crippen LogP contribution in [-0.4, -0.2) is 23.4 Å². The van der Waals surface area contributed by atoms with E-state index in [9.17, 15) is 10.2 Å². The summed E-state index contributed by atoms with van der Waals surface area (Å²) in [7, 11) is 0. The summed E-state index contributed by atoms with van der Waals surface area (Å²) in [5, 5.41) is 19.3. The lowest BCUT2D eigenvalue weighted by atomic mass is 9.76. The number of hydrogen-bond acceptors (Lipinski definition) is 2. The van der Waals surface area contributed by atoms with Gasteiger partial charge in [-0.15, -0.1) is 0 Å². The molecule has 2 heteroatoms. The first kappa shape index (κ1) is 20.5. The second kappa shape index (κ2) is 10.3. The Morgan fingerprint density at radius 3 is 2.20 bits per heavy atom. The highest BCUT2D eigenvalue weighted by atomic mass is 16.3. The summed E-state index contributed by atoms with van der Waals surface area (Å²) in [6.45, 7) is 4.45. The third kappa shape index (κ3) is 5.82. The van der Waals surface area contributed by atoms with Crippen LogP contribution in [0, 0.1) is 11.3 Å². The maximum atomic E-state index is 9.63. The molecule has 1 fully saturated rings. The summed E-state index contributed by atoms with van der Waals surface area (Å²) in [4.78, 5) is 0. The molecule has 1 aromatic carbocycles.